The Bertz CT molecular complexity index is 5460. The third-order valence-electron chi connectivity index (χ3n) is 23.1. The highest BCUT2D eigenvalue weighted by Crippen LogP contribution is 2.61. The van der Waals surface area contributed by atoms with E-state index in [0.717, 1.165) is 76.4 Å². The summed E-state index contributed by atoms with van der Waals surface area (Å²) < 4.78 is 86.2. The molecule has 0 unspecified atom stereocenters. The smallest absolute Gasteiger partial charge is 0.330 e. The van der Waals surface area contributed by atoms with Crippen LogP contribution < -0.4 is 28.4 Å². The lowest BCUT2D eigenvalue weighted by Gasteiger charge is -2.27. The molecule has 4 fully saturated rings. The van der Waals surface area contributed by atoms with Gasteiger partial charge in [-0.1, -0.05) is 98.0 Å². The van der Waals surface area contributed by atoms with E-state index < -0.39 is 113 Å². The predicted molar refractivity (Wildman–Crippen MR) is 503 cm³/mol. The van der Waals surface area contributed by atoms with E-state index in [1.54, 1.807) is 68.4 Å². The number of nitriles is 2. The first-order valence-corrected chi connectivity index (χ1v) is 49.4. The van der Waals surface area contributed by atoms with Crippen LogP contribution >= 0.6 is 47.0 Å². The molecule has 36 nitrogen and oxygen atoms in total. The molecule has 0 N–H and O–H groups in total. The molecule has 0 atom stereocenters. The lowest BCUT2D eigenvalue weighted by Crippen LogP contribution is -2.31. The highest BCUT2D eigenvalue weighted by Gasteiger charge is 2.41. The van der Waals surface area contributed by atoms with Gasteiger partial charge < -0.3 is 75.8 Å². The molecule has 748 valence electrons. The maximum absolute atomic E-state index is 13.8. The number of hydrogen-bond acceptors (Lipinski definition) is 38. The van der Waals surface area contributed by atoms with Gasteiger partial charge in [0.1, 0.15) is 60.9 Å². The molecule has 0 aromatic heterocycles. The van der Waals surface area contributed by atoms with Crippen molar-refractivity contribution in [3.05, 3.63) is 164 Å². The number of carbonyl (C=O) groups excluding carboxylic acids is 16. The minimum atomic E-state index is -0.644. The van der Waals surface area contributed by atoms with Crippen LogP contribution in [0.2, 0.25) is 0 Å². The highest BCUT2D eigenvalue weighted by molar-refractivity contribution is 8.25. The number of aryl methyl sites for hydroxylation is 1. The van der Waals surface area contributed by atoms with E-state index in [-0.39, 0.29) is 156 Å². The summed E-state index contributed by atoms with van der Waals surface area (Å²) in [6, 6.07) is 21.9. The van der Waals surface area contributed by atoms with E-state index in [9.17, 15) is 87.2 Å². The van der Waals surface area contributed by atoms with Crippen LogP contribution in [0.1, 0.15) is 184 Å². The van der Waals surface area contributed by atoms with Crippen LogP contribution in [0.25, 0.3) is 9.69 Å². The first-order valence-electron chi connectivity index (χ1n) is 46.1. The summed E-state index contributed by atoms with van der Waals surface area (Å²) in [6.45, 7) is 28.8. The lowest BCUT2D eigenvalue weighted by atomic mass is 9.82. The van der Waals surface area contributed by atoms with Crippen molar-refractivity contribution in [3.8, 4) is 46.6 Å². The number of fused-ring (bicyclic) bond motifs is 2. The molecule has 141 heavy (non-hydrogen) atoms. The SMILES string of the molecule is [C-]#[N+]/C(C#N)=C1/Sc2c(OC(=O)C3CCC(C(=O)OCCCCOC(=O)C=C)CC3)ccc(OC(=O)C3CCC(C(=O)OCCCCOC(=O)CC)CC3)c2S1.[C-]#[N+]/C(C#N)=C1\Sc2c(OC(=O)C3CCC(C(=O)Oc4ccc(CCOC(=O)CCC(=O)OCCOC(=O)C=C)cc4)CC3)cc(C)c(OC(=O)C3CCC(C(=O)Oc4ccc(CCOC(=O)CCC(=O)OCCOC(=O)C=C)cc4)CC3)c2S1. The lowest BCUT2D eigenvalue weighted by molar-refractivity contribution is -0.152. The fraction of sp³-hybridized carbons (Fsp3) is 0.465. The monoisotopic (exact) mass is 2020 g/mol. The molecule has 10 rings (SSSR count). The Morgan fingerprint density at radius 1 is 0.340 bits per heavy atom. The summed E-state index contributed by atoms with van der Waals surface area (Å²) in [6.07, 6.45) is 12.0. The zero-order valence-electron chi connectivity index (χ0n) is 78.0. The molecule has 2 heterocycles. The third-order valence-corrected chi connectivity index (χ3v) is 28.3. The first-order chi connectivity index (χ1) is 68.0. The average molecular weight is 2020 g/mol. The number of benzene rings is 4. The number of carbonyl (C=O) groups is 16. The Balaban J connectivity index is 0.000000343. The van der Waals surface area contributed by atoms with Crippen LogP contribution in [0, 0.1) is 90.1 Å². The van der Waals surface area contributed by atoms with Crippen LogP contribution in [0.15, 0.2) is 144 Å². The van der Waals surface area contributed by atoms with Crippen molar-refractivity contribution >= 4 is 143 Å². The minimum absolute atomic E-state index is 0.0519. The second kappa shape index (κ2) is 58.5. The summed E-state index contributed by atoms with van der Waals surface area (Å²) in [5.41, 5.74) is 1.75. The number of hydrogen-bond donors (Lipinski definition) is 0. The van der Waals surface area contributed by atoms with Crippen molar-refractivity contribution in [2.24, 2.45) is 47.3 Å². The fourth-order valence-electron chi connectivity index (χ4n) is 15.2. The van der Waals surface area contributed by atoms with E-state index >= 15 is 0 Å². The number of thioether (sulfide) groups is 4. The van der Waals surface area contributed by atoms with Crippen LogP contribution in [-0.4, -0.2) is 162 Å². The second-order valence-corrected chi connectivity index (χ2v) is 37.5. The van der Waals surface area contributed by atoms with E-state index in [1.807, 2.05) is 12.1 Å². The molecule has 6 aliphatic rings. The van der Waals surface area contributed by atoms with Gasteiger partial charge in [0.25, 0.3) is 11.4 Å². The molecular formula is C101H108N4O32S4. The second-order valence-electron chi connectivity index (χ2n) is 32.9. The average Bonchev–Trinajstić information content (AvgIpc) is 1.61. The standard InChI is InChI=1S/C61H62N2O20S2.C40H46N2O12S2/c1-5-48(64)76-31-33-78-52(68)25-23-50(66)74-29-27-38-7-19-44(20-8-38)80-57(70)40-11-15-42(16-12-40)59(72)82-47-35-37(3)54(56-55(47)84-61(85-56)46(36-62)63-4)83-60(73)43-17-13-41(14-18-43)58(71)81-45-21-9-39(10-22-45)28-30-75-51(67)24-26-53(69)79-34-32-77-49(65)6-2;1-4-32(43)49-20-6-8-22-51-36(45)25-10-14-27(15-11-25)38(47)53-30-18-19-31(35-34(30)55-40(56-35)29(24-41)42-3)54-39(48)28-16-12-26(13-17-28)37(46)52-23-9-7-21-50-33(44)5-2/h5-10,19-22,35,40-43H,1-2,11-18,23-34H2,3H3;4,18-19,25-28H,1,5-17,20-23H2,2H3/b61-46+;40-29-. The van der Waals surface area contributed by atoms with Gasteiger partial charge in [0.15, 0.2) is 0 Å². The predicted octanol–water partition coefficient (Wildman–Crippen LogP) is 16.0. The van der Waals surface area contributed by atoms with Gasteiger partial charge in [0.2, 0.25) is 0 Å². The third kappa shape index (κ3) is 35.9. The Morgan fingerprint density at radius 3 is 0.936 bits per heavy atom. The van der Waals surface area contributed by atoms with Crippen molar-refractivity contribution in [3.63, 3.8) is 0 Å². The summed E-state index contributed by atoms with van der Waals surface area (Å²) in [7, 11) is 0. The van der Waals surface area contributed by atoms with Crippen LogP contribution in [-0.2, 0) is 137 Å². The molecule has 0 spiro atoms. The van der Waals surface area contributed by atoms with Gasteiger partial charge in [-0.2, -0.15) is 0 Å². The van der Waals surface area contributed by atoms with Gasteiger partial charge in [-0.15, -0.1) is 0 Å². The quantitative estimate of drug-likeness (QED) is 0.00754. The Labute approximate surface area is 831 Å². The van der Waals surface area contributed by atoms with E-state index in [2.05, 4.69) is 29.4 Å². The van der Waals surface area contributed by atoms with Crippen molar-refractivity contribution < 1.29 is 153 Å². The molecule has 0 bridgehead atoms. The molecule has 4 aromatic rings. The summed E-state index contributed by atoms with van der Waals surface area (Å²) in [4.78, 5) is 207. The van der Waals surface area contributed by atoms with Crippen LogP contribution in [0.4, 0.5) is 0 Å². The molecule has 4 aromatic carbocycles. The zero-order chi connectivity index (χ0) is 102. The van der Waals surface area contributed by atoms with Crippen molar-refractivity contribution in [1.29, 1.82) is 10.5 Å². The van der Waals surface area contributed by atoms with Gasteiger partial charge in [-0.25, -0.2) is 34.6 Å². The Morgan fingerprint density at radius 2 is 0.610 bits per heavy atom. The molecule has 40 heteroatoms. The normalized spacial score (nSPS) is 18.7. The molecular weight excluding hydrogens is 1910 g/mol. The number of allylic oxidation sites excluding steroid dienone is 2. The highest BCUT2D eigenvalue weighted by atomic mass is 32.2. The maximum atomic E-state index is 13.8. The number of ether oxygens (including phenoxy) is 16. The molecule has 0 radical (unpaired) electrons. The number of esters is 16. The minimum Gasteiger partial charge on any atom is -0.466 e. The summed E-state index contributed by atoms with van der Waals surface area (Å²) >= 11 is 4.32. The first kappa shape index (κ1) is 111. The van der Waals surface area contributed by atoms with Gasteiger partial charge in [-0.05, 0) is 194 Å². The van der Waals surface area contributed by atoms with Gasteiger partial charge in [0, 0.05) is 37.5 Å². The molecule has 4 saturated carbocycles. The van der Waals surface area contributed by atoms with Gasteiger partial charge in [-0.3, -0.25) is 62.3 Å². The topological polar surface area (TPSA) is 477 Å². The van der Waals surface area contributed by atoms with Crippen molar-refractivity contribution in [2.75, 3.05) is 66.1 Å². The molecule has 4 aliphatic carbocycles. The van der Waals surface area contributed by atoms with Crippen LogP contribution in [0.3, 0.4) is 0 Å². The van der Waals surface area contributed by atoms with Crippen LogP contribution in [0.5, 0.6) is 34.5 Å². The summed E-state index contributed by atoms with van der Waals surface area (Å²) in [5, 5.41) is 19.3. The molecule has 2 aliphatic heterocycles. The van der Waals surface area contributed by atoms with E-state index in [4.69, 9.17) is 88.9 Å². The fourth-order valence-corrected chi connectivity index (χ4v) is 20.2. The Hall–Kier alpha value is -13.5. The van der Waals surface area contributed by atoms with E-state index in [0.29, 0.717) is 193 Å². The van der Waals surface area contributed by atoms with Gasteiger partial charge in [0.05, 0.1) is 166 Å². The number of nitrogens with zero attached hydrogens (tertiary/aromatic N) is 4. The van der Waals surface area contributed by atoms with Crippen molar-refractivity contribution in [2.45, 2.75) is 207 Å². The Kier molecular flexibility index (Phi) is 46.1. The zero-order valence-corrected chi connectivity index (χ0v) is 81.2. The number of unbranched alkanes of at least 4 members (excludes halogenated alkanes) is 2. The number of rotatable bonds is 46. The molecule has 0 saturated heterocycles. The largest absolute Gasteiger partial charge is 0.466 e. The van der Waals surface area contributed by atoms with Gasteiger partial charge >= 0.3 is 95.5 Å². The maximum Gasteiger partial charge on any atom is 0.330 e. The van der Waals surface area contributed by atoms with Crippen molar-refractivity contribution in [1.82, 2.24) is 0 Å². The molecule has 0 amide bonds. The summed E-state index contributed by atoms with van der Waals surface area (Å²) in [5.74, 6) is -10.2. The van der Waals surface area contributed by atoms with E-state index in [1.165, 1.54) is 12.1 Å².